The van der Waals surface area contributed by atoms with Crippen LogP contribution in [0.2, 0.25) is 0 Å². The van der Waals surface area contributed by atoms with Crippen molar-refractivity contribution in [3.05, 3.63) is 90.0 Å². The molecule has 0 unspecified atom stereocenters. The molecule has 4 rings (SSSR count). The van der Waals surface area contributed by atoms with Crippen molar-refractivity contribution < 1.29 is 13.2 Å². The number of piperidine rings is 1. The summed E-state index contributed by atoms with van der Waals surface area (Å²) in [5, 5.41) is 0.116. The van der Waals surface area contributed by atoms with Crippen molar-refractivity contribution in [1.29, 1.82) is 0 Å². The molecule has 2 atom stereocenters. The molecule has 1 fully saturated rings. The molecule has 4 nitrogen and oxygen atoms in total. The summed E-state index contributed by atoms with van der Waals surface area (Å²) >= 11 is 1.76. The van der Waals surface area contributed by atoms with Crippen LogP contribution >= 0.6 is 11.8 Å². The summed E-state index contributed by atoms with van der Waals surface area (Å²) in [5.41, 5.74) is 2.03. The molecule has 0 bridgehead atoms. The Labute approximate surface area is 189 Å². The van der Waals surface area contributed by atoms with Crippen LogP contribution in [0.3, 0.4) is 0 Å². The maximum atomic E-state index is 13.7. The van der Waals surface area contributed by atoms with E-state index in [-0.39, 0.29) is 11.3 Å². The van der Waals surface area contributed by atoms with Gasteiger partial charge in [-0.1, -0.05) is 48.0 Å². The predicted molar refractivity (Wildman–Crippen MR) is 126 cm³/mol. The highest BCUT2D eigenvalue weighted by molar-refractivity contribution is 8.00. The normalized spacial score (nSPS) is 19.8. The molecule has 31 heavy (non-hydrogen) atoms. The number of methoxy groups -OCH3 is 1. The van der Waals surface area contributed by atoms with Gasteiger partial charge in [0, 0.05) is 16.7 Å². The summed E-state index contributed by atoms with van der Waals surface area (Å²) in [4.78, 5) is 1.50. The molecule has 0 spiro atoms. The van der Waals surface area contributed by atoms with E-state index in [1.165, 1.54) is 0 Å². The monoisotopic (exact) mass is 453 g/mol. The maximum absolute atomic E-state index is 13.7. The van der Waals surface area contributed by atoms with Crippen molar-refractivity contribution in [3.8, 4) is 5.75 Å². The molecule has 1 saturated heterocycles. The smallest absolute Gasteiger partial charge is 0.243 e. The van der Waals surface area contributed by atoms with Crippen molar-refractivity contribution in [1.82, 2.24) is 4.31 Å². The Morgan fingerprint density at radius 2 is 1.61 bits per heavy atom. The van der Waals surface area contributed by atoms with Crippen LogP contribution in [0, 0.1) is 6.92 Å². The van der Waals surface area contributed by atoms with Crippen LogP contribution < -0.4 is 4.74 Å². The summed E-state index contributed by atoms with van der Waals surface area (Å²) in [6, 6.07) is 24.9. The van der Waals surface area contributed by atoms with E-state index in [9.17, 15) is 8.42 Å². The number of sulfonamides is 1. The molecule has 3 aromatic carbocycles. The summed E-state index contributed by atoms with van der Waals surface area (Å²) in [6.07, 6.45) is 1.79. The van der Waals surface area contributed by atoms with Crippen molar-refractivity contribution >= 4 is 21.8 Å². The molecule has 162 valence electrons. The molecule has 1 heterocycles. The van der Waals surface area contributed by atoms with E-state index in [4.69, 9.17) is 4.74 Å². The number of nitrogens with zero attached hydrogens (tertiary/aromatic N) is 1. The zero-order chi connectivity index (χ0) is 21.8. The van der Waals surface area contributed by atoms with Gasteiger partial charge in [-0.2, -0.15) is 4.31 Å². The zero-order valence-corrected chi connectivity index (χ0v) is 19.4. The molecule has 1 aliphatic heterocycles. The molecule has 0 aromatic heterocycles. The van der Waals surface area contributed by atoms with Gasteiger partial charge in [-0.3, -0.25) is 0 Å². The molecule has 0 aliphatic carbocycles. The lowest BCUT2D eigenvalue weighted by Gasteiger charge is -2.40. The molecule has 0 saturated carbocycles. The van der Waals surface area contributed by atoms with Crippen LogP contribution in [0.5, 0.6) is 5.75 Å². The van der Waals surface area contributed by atoms with Crippen LogP contribution in [0.4, 0.5) is 0 Å². The molecular formula is C25H27NO3S2. The zero-order valence-electron chi connectivity index (χ0n) is 17.8. The Morgan fingerprint density at radius 3 is 2.26 bits per heavy atom. The Kier molecular flexibility index (Phi) is 6.70. The quantitative estimate of drug-likeness (QED) is 0.481. The fourth-order valence-electron chi connectivity index (χ4n) is 4.03. The lowest BCUT2D eigenvalue weighted by atomic mass is 9.97. The minimum Gasteiger partial charge on any atom is -0.497 e. The number of aryl methyl sites for hydroxylation is 1. The third-order valence-electron chi connectivity index (χ3n) is 5.65. The number of benzene rings is 3. The van der Waals surface area contributed by atoms with Crippen LogP contribution in [0.25, 0.3) is 0 Å². The largest absolute Gasteiger partial charge is 0.497 e. The van der Waals surface area contributed by atoms with Gasteiger partial charge in [0.05, 0.1) is 18.0 Å². The number of rotatable bonds is 6. The predicted octanol–water partition coefficient (Wildman–Crippen LogP) is 5.69. The Bertz CT molecular complexity index is 1100. The highest BCUT2D eigenvalue weighted by Gasteiger charge is 2.40. The summed E-state index contributed by atoms with van der Waals surface area (Å²) in [6.45, 7) is 2.47. The standard InChI is InChI=1S/C25H27NO3S2/c1-19-10-16-23(17-11-19)31(27,28)26-18-6-9-24(30-22-7-4-3-5-8-22)25(26)20-12-14-21(29-2)15-13-20/h3-5,7-8,10-17,24-25H,6,9,18H2,1-2H3/t24-,25+/m1/s1. The molecule has 6 heteroatoms. The van der Waals surface area contributed by atoms with Gasteiger partial charge in [-0.25, -0.2) is 8.42 Å². The van der Waals surface area contributed by atoms with E-state index in [0.717, 1.165) is 34.6 Å². The third-order valence-corrected chi connectivity index (χ3v) is 8.88. The highest BCUT2D eigenvalue weighted by Crippen LogP contribution is 2.44. The van der Waals surface area contributed by atoms with Crippen molar-refractivity contribution in [3.63, 3.8) is 0 Å². The van der Waals surface area contributed by atoms with Crippen molar-refractivity contribution in [2.24, 2.45) is 0 Å². The minimum atomic E-state index is -3.63. The van der Waals surface area contributed by atoms with Crippen molar-refractivity contribution in [2.45, 2.75) is 40.8 Å². The summed E-state index contributed by atoms with van der Waals surface area (Å²) in [7, 11) is -1.99. The first kappa shape index (κ1) is 21.9. The molecule has 0 N–H and O–H groups in total. The second-order valence-corrected chi connectivity index (χ2v) is 11.0. The van der Waals surface area contributed by atoms with Gasteiger partial charge in [0.1, 0.15) is 5.75 Å². The molecule has 0 radical (unpaired) electrons. The van der Waals surface area contributed by atoms with Crippen LogP contribution in [0.1, 0.15) is 30.0 Å². The molecule has 3 aromatic rings. The number of hydrogen-bond acceptors (Lipinski definition) is 4. The van der Waals surface area contributed by atoms with Gasteiger partial charge in [-0.05, 0) is 61.7 Å². The second kappa shape index (κ2) is 9.47. The van der Waals surface area contributed by atoms with Crippen LogP contribution in [-0.4, -0.2) is 31.6 Å². The van der Waals surface area contributed by atoms with Gasteiger partial charge in [0.2, 0.25) is 10.0 Å². The van der Waals surface area contributed by atoms with Gasteiger partial charge < -0.3 is 4.74 Å². The lowest BCUT2D eigenvalue weighted by molar-refractivity contribution is 0.263. The summed E-state index contributed by atoms with van der Waals surface area (Å²) in [5.74, 6) is 0.764. The molecular weight excluding hydrogens is 426 g/mol. The van der Waals surface area contributed by atoms with E-state index in [1.807, 2.05) is 61.5 Å². The fourth-order valence-corrected chi connectivity index (χ4v) is 7.17. The van der Waals surface area contributed by atoms with Crippen molar-refractivity contribution in [2.75, 3.05) is 13.7 Å². The Balaban J connectivity index is 1.75. The van der Waals surface area contributed by atoms with Gasteiger partial charge >= 0.3 is 0 Å². The van der Waals surface area contributed by atoms with Gasteiger partial charge in [0.15, 0.2) is 0 Å². The third kappa shape index (κ3) is 4.81. The van der Waals surface area contributed by atoms with Gasteiger partial charge in [0.25, 0.3) is 0 Å². The lowest BCUT2D eigenvalue weighted by Crippen LogP contribution is -2.44. The molecule has 1 aliphatic rings. The first-order chi connectivity index (χ1) is 15.0. The van der Waals surface area contributed by atoms with E-state index in [2.05, 4.69) is 12.1 Å². The maximum Gasteiger partial charge on any atom is 0.243 e. The first-order valence-electron chi connectivity index (χ1n) is 10.4. The first-order valence-corrected chi connectivity index (χ1v) is 12.8. The second-order valence-electron chi connectivity index (χ2n) is 7.76. The topological polar surface area (TPSA) is 46.6 Å². The van der Waals surface area contributed by atoms with Crippen LogP contribution in [0.15, 0.2) is 88.7 Å². The van der Waals surface area contributed by atoms with Gasteiger partial charge in [-0.15, -0.1) is 11.8 Å². The number of hydrogen-bond donors (Lipinski definition) is 0. The highest BCUT2D eigenvalue weighted by atomic mass is 32.2. The summed E-state index contributed by atoms with van der Waals surface area (Å²) < 4.78 is 34.4. The van der Waals surface area contributed by atoms with E-state index in [1.54, 1.807) is 35.3 Å². The van der Waals surface area contributed by atoms with Crippen LogP contribution in [-0.2, 0) is 10.0 Å². The van der Waals surface area contributed by atoms with E-state index in [0.29, 0.717) is 11.4 Å². The average Bonchev–Trinajstić information content (AvgIpc) is 2.80. The van der Waals surface area contributed by atoms with E-state index < -0.39 is 10.0 Å². The number of ether oxygens (including phenoxy) is 1. The fraction of sp³-hybridized carbons (Fsp3) is 0.280. The molecule has 0 amide bonds. The number of thioether (sulfide) groups is 1. The Hall–Kier alpha value is -2.28. The van der Waals surface area contributed by atoms with E-state index >= 15 is 0 Å². The average molecular weight is 454 g/mol. The SMILES string of the molecule is COc1ccc([C@H]2[C@H](Sc3ccccc3)CCCN2S(=O)(=O)c2ccc(C)cc2)cc1. The Morgan fingerprint density at radius 1 is 0.935 bits per heavy atom. The minimum absolute atomic E-state index is 0.116.